The summed E-state index contributed by atoms with van der Waals surface area (Å²) < 4.78 is 1.73. The Bertz CT molecular complexity index is 1610. The van der Waals surface area contributed by atoms with E-state index in [9.17, 15) is 4.79 Å². The fourth-order valence-electron chi connectivity index (χ4n) is 4.63. The first-order chi connectivity index (χ1) is 16.6. The minimum Gasteiger partial charge on any atom is -0.268 e. The number of aliphatic imine (C=N–C) groups is 1. The number of imidazole rings is 1. The molecular formula is C30H23N3O. The fourth-order valence-corrected chi connectivity index (χ4v) is 4.63. The molecule has 4 aromatic carbocycles. The fraction of sp³-hybridized carbons (Fsp3) is 0.100. The van der Waals surface area contributed by atoms with Crippen LogP contribution in [-0.2, 0) is 6.42 Å². The minimum absolute atomic E-state index is 0.0894. The molecule has 0 fully saturated rings. The van der Waals surface area contributed by atoms with Crippen LogP contribution in [0.15, 0.2) is 96.0 Å². The lowest BCUT2D eigenvalue weighted by Gasteiger charge is -2.10. The number of hydrogen-bond acceptors (Lipinski definition) is 3. The van der Waals surface area contributed by atoms with Crippen molar-refractivity contribution in [3.63, 3.8) is 0 Å². The third kappa shape index (κ3) is 3.44. The van der Waals surface area contributed by atoms with Gasteiger partial charge in [0.1, 0.15) is 5.82 Å². The van der Waals surface area contributed by atoms with Crippen molar-refractivity contribution >= 4 is 28.3 Å². The molecule has 4 nitrogen and oxygen atoms in total. The van der Waals surface area contributed by atoms with Crippen LogP contribution in [0.4, 0.5) is 5.69 Å². The van der Waals surface area contributed by atoms with Gasteiger partial charge in [-0.2, -0.15) is 0 Å². The first kappa shape index (κ1) is 20.3. The second-order valence-electron chi connectivity index (χ2n) is 8.88. The lowest BCUT2D eigenvalue weighted by atomic mass is 10.0. The Morgan fingerprint density at radius 3 is 2.41 bits per heavy atom. The van der Waals surface area contributed by atoms with Gasteiger partial charge in [-0.1, -0.05) is 60.2 Å². The molecule has 164 valence electrons. The summed E-state index contributed by atoms with van der Waals surface area (Å²) in [5.41, 5.74) is 9.87. The zero-order valence-corrected chi connectivity index (χ0v) is 19.1. The second kappa shape index (κ2) is 7.92. The molecule has 1 aliphatic rings. The van der Waals surface area contributed by atoms with E-state index in [4.69, 9.17) is 9.98 Å². The van der Waals surface area contributed by atoms with Crippen LogP contribution in [-0.4, -0.2) is 21.2 Å². The first-order valence-electron chi connectivity index (χ1n) is 11.4. The van der Waals surface area contributed by atoms with Gasteiger partial charge in [-0.15, -0.1) is 0 Å². The number of carbonyl (C=O) groups is 1. The van der Waals surface area contributed by atoms with Crippen LogP contribution in [0.3, 0.4) is 0 Å². The van der Waals surface area contributed by atoms with Gasteiger partial charge < -0.3 is 0 Å². The Labute approximate surface area is 198 Å². The van der Waals surface area contributed by atoms with E-state index in [1.54, 1.807) is 4.57 Å². The van der Waals surface area contributed by atoms with Crippen LogP contribution < -0.4 is 0 Å². The van der Waals surface area contributed by atoms with Crippen molar-refractivity contribution < 1.29 is 4.79 Å². The van der Waals surface area contributed by atoms with Crippen molar-refractivity contribution in [3.05, 3.63) is 119 Å². The summed E-state index contributed by atoms with van der Waals surface area (Å²) in [6.07, 6.45) is 0.805. The summed E-state index contributed by atoms with van der Waals surface area (Å²) in [6.45, 7) is 4.14. The van der Waals surface area contributed by atoms with Gasteiger partial charge in [0.05, 0.1) is 22.4 Å². The maximum atomic E-state index is 13.6. The monoisotopic (exact) mass is 441 g/mol. The number of aryl methyl sites for hydroxylation is 2. The van der Waals surface area contributed by atoms with Crippen LogP contribution in [0.5, 0.6) is 0 Å². The molecule has 0 aliphatic carbocycles. The number of hydrogen-bond donors (Lipinski definition) is 0. The van der Waals surface area contributed by atoms with Gasteiger partial charge in [-0.3, -0.25) is 14.4 Å². The summed E-state index contributed by atoms with van der Waals surface area (Å²) in [7, 11) is 0. The van der Waals surface area contributed by atoms with Crippen molar-refractivity contribution in [2.75, 3.05) is 0 Å². The maximum absolute atomic E-state index is 13.6. The predicted molar refractivity (Wildman–Crippen MR) is 137 cm³/mol. The average Bonchev–Trinajstić information content (AvgIpc) is 3.45. The van der Waals surface area contributed by atoms with Crippen molar-refractivity contribution in [2.24, 2.45) is 4.99 Å². The molecule has 0 spiro atoms. The molecule has 0 unspecified atom stereocenters. The molecule has 0 saturated heterocycles. The number of nitrogens with zero attached hydrogens (tertiary/aromatic N) is 3. The molecule has 4 heteroatoms. The summed E-state index contributed by atoms with van der Waals surface area (Å²) in [4.78, 5) is 23.4. The molecule has 0 bridgehead atoms. The van der Waals surface area contributed by atoms with Gasteiger partial charge in [-0.05, 0) is 66.9 Å². The van der Waals surface area contributed by atoms with Gasteiger partial charge in [0, 0.05) is 17.5 Å². The van der Waals surface area contributed by atoms with Crippen LogP contribution in [0.25, 0.3) is 22.4 Å². The standard InChI is InChI=1S/C30H23N3O/c1-19-11-13-25-24(15-19)18-26(31-25)22-9-6-10-23(17-22)29-32-27-16-20(2)12-14-28(27)33(29)30(34)21-7-4-3-5-8-21/h3-17H,18H2,1-2H3. The smallest absolute Gasteiger partial charge is 0.264 e. The second-order valence-corrected chi connectivity index (χ2v) is 8.88. The number of rotatable bonds is 3. The SMILES string of the molecule is Cc1ccc2c(c1)CC(c1cccc(-c3nc4cc(C)ccc4n3C(=O)c3ccccc3)c1)=N2. The molecule has 6 rings (SSSR count). The van der Waals surface area contributed by atoms with E-state index in [1.165, 1.54) is 11.1 Å². The topological polar surface area (TPSA) is 47.2 Å². The van der Waals surface area contributed by atoms with E-state index in [1.807, 2.05) is 67.6 Å². The zero-order valence-electron chi connectivity index (χ0n) is 19.1. The highest BCUT2D eigenvalue weighted by Gasteiger charge is 2.21. The largest absolute Gasteiger partial charge is 0.268 e. The molecule has 0 saturated carbocycles. The highest BCUT2D eigenvalue weighted by Crippen LogP contribution is 2.32. The van der Waals surface area contributed by atoms with E-state index in [0.717, 1.165) is 45.5 Å². The Morgan fingerprint density at radius 2 is 1.56 bits per heavy atom. The molecule has 0 atom stereocenters. The van der Waals surface area contributed by atoms with Gasteiger partial charge in [0.2, 0.25) is 0 Å². The lowest BCUT2D eigenvalue weighted by molar-refractivity contribution is 0.0966. The molecule has 0 N–H and O–H groups in total. The Morgan fingerprint density at radius 1 is 0.794 bits per heavy atom. The molecular weight excluding hydrogens is 418 g/mol. The first-order valence-corrected chi connectivity index (χ1v) is 11.4. The van der Waals surface area contributed by atoms with Crippen molar-refractivity contribution in [2.45, 2.75) is 20.3 Å². The molecule has 34 heavy (non-hydrogen) atoms. The quantitative estimate of drug-likeness (QED) is 0.313. The average molecular weight is 442 g/mol. The molecule has 1 aliphatic heterocycles. The van der Waals surface area contributed by atoms with Crippen LogP contribution >= 0.6 is 0 Å². The molecule has 0 amide bonds. The molecule has 2 heterocycles. The number of benzene rings is 4. The summed E-state index contributed by atoms with van der Waals surface area (Å²) in [6, 6.07) is 30.0. The number of carbonyl (C=O) groups excluding carboxylic acids is 1. The Kier molecular flexibility index (Phi) is 4.73. The maximum Gasteiger partial charge on any atom is 0.264 e. The van der Waals surface area contributed by atoms with Crippen LogP contribution in [0.1, 0.15) is 32.6 Å². The summed E-state index contributed by atoms with van der Waals surface area (Å²) in [5.74, 6) is 0.553. The Hall–Kier alpha value is -4.31. The lowest BCUT2D eigenvalue weighted by Crippen LogP contribution is -2.13. The zero-order chi connectivity index (χ0) is 23.2. The van der Waals surface area contributed by atoms with E-state index in [2.05, 4.69) is 37.3 Å². The highest BCUT2D eigenvalue weighted by molar-refractivity contribution is 6.08. The third-order valence-electron chi connectivity index (χ3n) is 6.34. The summed E-state index contributed by atoms with van der Waals surface area (Å²) >= 11 is 0. The van der Waals surface area contributed by atoms with Crippen molar-refractivity contribution in [1.82, 2.24) is 9.55 Å². The van der Waals surface area contributed by atoms with Gasteiger partial charge in [0.25, 0.3) is 5.91 Å². The van der Waals surface area contributed by atoms with Gasteiger partial charge >= 0.3 is 0 Å². The number of fused-ring (bicyclic) bond motifs is 2. The van der Waals surface area contributed by atoms with E-state index < -0.39 is 0 Å². The van der Waals surface area contributed by atoms with Crippen molar-refractivity contribution in [3.8, 4) is 11.4 Å². The molecule has 1 aromatic heterocycles. The van der Waals surface area contributed by atoms with Crippen molar-refractivity contribution in [1.29, 1.82) is 0 Å². The molecule has 0 radical (unpaired) electrons. The predicted octanol–water partition coefficient (Wildman–Crippen LogP) is 6.69. The van der Waals surface area contributed by atoms with E-state index in [-0.39, 0.29) is 5.91 Å². The number of aromatic nitrogens is 2. The Balaban J connectivity index is 1.48. The minimum atomic E-state index is -0.0894. The van der Waals surface area contributed by atoms with E-state index >= 15 is 0 Å². The normalized spacial score (nSPS) is 12.6. The van der Waals surface area contributed by atoms with Gasteiger partial charge in [-0.25, -0.2) is 4.98 Å². The van der Waals surface area contributed by atoms with Gasteiger partial charge in [0.15, 0.2) is 0 Å². The van der Waals surface area contributed by atoms with Crippen LogP contribution in [0.2, 0.25) is 0 Å². The highest BCUT2D eigenvalue weighted by atomic mass is 16.2. The molecule has 5 aromatic rings. The third-order valence-corrected chi connectivity index (χ3v) is 6.34. The summed E-state index contributed by atoms with van der Waals surface area (Å²) in [5, 5.41) is 0. The van der Waals surface area contributed by atoms with Crippen LogP contribution in [0, 0.1) is 13.8 Å². The van der Waals surface area contributed by atoms with E-state index in [0.29, 0.717) is 11.4 Å².